The third-order valence-electron chi connectivity index (χ3n) is 8.49. The summed E-state index contributed by atoms with van der Waals surface area (Å²) in [6.07, 6.45) is 5.09. The number of aryl methyl sites for hydroxylation is 1. The molecular weight excluding hydrogens is 763 g/mol. The van der Waals surface area contributed by atoms with Crippen molar-refractivity contribution in [2.24, 2.45) is 11.8 Å². The molecule has 4 aromatic rings. The molecule has 251 valence electrons. The SMILES string of the molecule is CCC(CC)C(=O)/C=C(\O)C(CC)CC.[2H]c1cc2c(C(C)C)c(-c3ccc(C(C)(C)C)cc3)sc2c(-c2[c-]c(C)c([2H])c(C)c2[2H])n1.[Ir]. The van der Waals surface area contributed by atoms with Gasteiger partial charge in [-0.3, -0.25) is 4.79 Å². The van der Waals surface area contributed by atoms with Crippen molar-refractivity contribution in [3.63, 3.8) is 0 Å². The van der Waals surface area contributed by atoms with Crippen LogP contribution in [0, 0.1) is 31.7 Å². The number of aliphatic hydroxyl groups is 1. The smallest absolute Gasteiger partial charge is 0.162 e. The number of fused-ring (bicyclic) bond motifs is 1. The van der Waals surface area contributed by atoms with E-state index in [1.54, 1.807) is 18.3 Å². The molecular formula is C41H54IrNO2S-. The molecule has 2 aromatic carbocycles. The molecule has 0 saturated heterocycles. The molecule has 46 heavy (non-hydrogen) atoms. The van der Waals surface area contributed by atoms with Gasteiger partial charge in [0.25, 0.3) is 0 Å². The maximum absolute atomic E-state index is 11.7. The Balaban J connectivity index is 0.000000444. The second kappa shape index (κ2) is 17.5. The van der Waals surface area contributed by atoms with E-state index in [4.69, 9.17) is 4.11 Å². The van der Waals surface area contributed by atoms with Gasteiger partial charge in [-0.15, -0.1) is 46.2 Å². The first-order valence-corrected chi connectivity index (χ1v) is 17.3. The fourth-order valence-electron chi connectivity index (χ4n) is 5.71. The number of carbonyl (C=O) groups excluding carboxylic acids is 1. The molecule has 4 rings (SSSR count). The molecule has 0 saturated carbocycles. The van der Waals surface area contributed by atoms with E-state index in [9.17, 15) is 9.90 Å². The number of thiophene rings is 1. The van der Waals surface area contributed by atoms with Crippen LogP contribution in [0.4, 0.5) is 0 Å². The summed E-state index contributed by atoms with van der Waals surface area (Å²) in [6.45, 7) is 22.7. The summed E-state index contributed by atoms with van der Waals surface area (Å²) in [5, 5.41) is 10.8. The Bertz CT molecular complexity index is 1760. The fourth-order valence-corrected chi connectivity index (χ4v) is 7.15. The van der Waals surface area contributed by atoms with Gasteiger partial charge in [-0.05, 0) is 67.9 Å². The van der Waals surface area contributed by atoms with Crippen molar-refractivity contribution < 1.29 is 34.1 Å². The van der Waals surface area contributed by atoms with E-state index >= 15 is 0 Å². The van der Waals surface area contributed by atoms with Gasteiger partial charge in [-0.2, -0.15) is 0 Å². The number of carbonyl (C=O) groups is 1. The van der Waals surface area contributed by atoms with Gasteiger partial charge in [0, 0.05) is 59.5 Å². The molecule has 2 heterocycles. The zero-order chi connectivity index (χ0) is 36.1. The van der Waals surface area contributed by atoms with Gasteiger partial charge >= 0.3 is 0 Å². The van der Waals surface area contributed by atoms with Crippen LogP contribution in [-0.2, 0) is 30.3 Å². The van der Waals surface area contributed by atoms with Crippen molar-refractivity contribution in [2.45, 2.75) is 113 Å². The molecule has 0 fully saturated rings. The number of aliphatic hydroxyl groups excluding tert-OH is 1. The second-order valence-corrected chi connectivity index (χ2v) is 14.3. The van der Waals surface area contributed by atoms with Crippen LogP contribution in [0.3, 0.4) is 0 Å². The average molecular weight is 820 g/mol. The zero-order valence-electron chi connectivity index (χ0n) is 32.6. The summed E-state index contributed by atoms with van der Waals surface area (Å²) in [6, 6.07) is 14.5. The van der Waals surface area contributed by atoms with E-state index in [0.717, 1.165) is 41.3 Å². The summed E-state index contributed by atoms with van der Waals surface area (Å²) >= 11 is 1.68. The molecule has 3 nitrogen and oxygen atoms in total. The van der Waals surface area contributed by atoms with Gasteiger partial charge in [0.2, 0.25) is 0 Å². The number of aromatic nitrogens is 1. The molecule has 0 aliphatic heterocycles. The monoisotopic (exact) mass is 820 g/mol. The topological polar surface area (TPSA) is 50.2 Å². The predicted octanol–water partition coefficient (Wildman–Crippen LogP) is 12.3. The molecule has 1 N–H and O–H groups in total. The molecule has 0 atom stereocenters. The van der Waals surface area contributed by atoms with Crippen molar-refractivity contribution >= 4 is 27.2 Å². The van der Waals surface area contributed by atoms with Gasteiger partial charge in [0.1, 0.15) is 0 Å². The summed E-state index contributed by atoms with van der Waals surface area (Å²) in [5.74, 6) is 0.815. The summed E-state index contributed by atoms with van der Waals surface area (Å²) in [5.41, 5.74) is 6.28. The van der Waals surface area contributed by atoms with E-state index in [2.05, 4.69) is 69.9 Å². The summed E-state index contributed by atoms with van der Waals surface area (Å²) < 4.78 is 26.3. The Kier molecular flexibility index (Phi) is 13.2. The summed E-state index contributed by atoms with van der Waals surface area (Å²) in [4.78, 5) is 17.5. The van der Waals surface area contributed by atoms with Gasteiger partial charge < -0.3 is 10.1 Å². The van der Waals surface area contributed by atoms with Crippen molar-refractivity contribution in [3.05, 3.63) is 88.7 Å². The Morgan fingerprint density at radius 1 is 0.978 bits per heavy atom. The van der Waals surface area contributed by atoms with Crippen LogP contribution in [0.5, 0.6) is 0 Å². The second-order valence-electron chi connectivity index (χ2n) is 13.3. The Hall–Kier alpha value is -2.59. The predicted molar refractivity (Wildman–Crippen MR) is 195 cm³/mol. The van der Waals surface area contributed by atoms with E-state index in [-0.39, 0.29) is 67.0 Å². The maximum Gasteiger partial charge on any atom is 0.162 e. The van der Waals surface area contributed by atoms with Crippen LogP contribution in [0.2, 0.25) is 0 Å². The van der Waals surface area contributed by atoms with Crippen molar-refractivity contribution in [2.75, 3.05) is 0 Å². The van der Waals surface area contributed by atoms with Crippen molar-refractivity contribution in [1.82, 2.24) is 4.98 Å². The fraction of sp³-hybridized carbons (Fsp3) is 0.463. The van der Waals surface area contributed by atoms with Crippen LogP contribution in [0.25, 0.3) is 31.8 Å². The van der Waals surface area contributed by atoms with Gasteiger partial charge in [0.05, 0.1) is 7.13 Å². The molecule has 1 radical (unpaired) electrons. The number of ketones is 1. The third-order valence-corrected chi connectivity index (χ3v) is 9.77. The molecule has 0 unspecified atom stereocenters. The first-order valence-electron chi connectivity index (χ1n) is 18.0. The van der Waals surface area contributed by atoms with Crippen LogP contribution < -0.4 is 0 Å². The first kappa shape index (κ1) is 34.7. The number of rotatable bonds is 10. The number of hydrogen-bond donors (Lipinski definition) is 1. The van der Waals surface area contributed by atoms with Gasteiger partial charge in [-0.25, -0.2) is 0 Å². The van der Waals surface area contributed by atoms with E-state index in [0.29, 0.717) is 28.4 Å². The Morgan fingerprint density at radius 3 is 2.09 bits per heavy atom. The van der Waals surface area contributed by atoms with Gasteiger partial charge in [-0.1, -0.05) is 100 Å². The van der Waals surface area contributed by atoms with Gasteiger partial charge in [0.15, 0.2) is 5.78 Å². The Morgan fingerprint density at radius 2 is 1.57 bits per heavy atom. The molecule has 5 heteroatoms. The molecule has 0 spiro atoms. The van der Waals surface area contributed by atoms with E-state index in [1.165, 1.54) is 22.1 Å². The largest absolute Gasteiger partial charge is 0.512 e. The molecule has 2 aromatic heterocycles. The van der Waals surface area contributed by atoms with E-state index in [1.807, 2.05) is 40.7 Å². The minimum atomic E-state index is 0. The number of hydrogen-bond acceptors (Lipinski definition) is 4. The molecule has 0 amide bonds. The quantitative estimate of drug-likeness (QED) is 0.0985. The van der Waals surface area contributed by atoms with Crippen LogP contribution in [0.15, 0.2) is 60.4 Å². The molecule has 0 bridgehead atoms. The van der Waals surface area contributed by atoms with Crippen LogP contribution >= 0.6 is 11.3 Å². The summed E-state index contributed by atoms with van der Waals surface area (Å²) in [7, 11) is 0. The van der Waals surface area contributed by atoms with E-state index < -0.39 is 0 Å². The van der Waals surface area contributed by atoms with Crippen LogP contribution in [-0.4, -0.2) is 15.9 Å². The number of nitrogens with zero attached hydrogens (tertiary/aromatic N) is 1. The Labute approximate surface area is 300 Å². The van der Waals surface area contributed by atoms with Crippen molar-refractivity contribution in [3.8, 4) is 21.7 Å². The zero-order valence-corrected chi connectivity index (χ0v) is 32.8. The normalized spacial score (nSPS) is 12.9. The standard InChI is InChI=1S/C28H30NS.C13H24O2.Ir/c1-17(2)24-23-12-13-29-25(21-15-18(3)14-19(4)16-21)27(23)30-26(24)20-8-10-22(11-9-20)28(5,6)7;1-5-10(6-2)12(14)9-13(15)11(7-3)8-4;/h8-15,17H,1-7H3;9-11,14H,5-8H2,1-4H3;/q-1;;/b;12-9-;/i13D,14D,15D;;. The minimum Gasteiger partial charge on any atom is -0.512 e. The maximum atomic E-state index is 11.7. The molecule has 0 aliphatic carbocycles. The minimum absolute atomic E-state index is 0. The average Bonchev–Trinajstić information content (AvgIpc) is 3.42. The number of benzene rings is 2. The first-order chi connectivity index (χ1) is 22.5. The molecule has 0 aliphatic rings. The number of pyridine rings is 1. The van der Waals surface area contributed by atoms with Crippen LogP contribution in [0.1, 0.15) is 120 Å². The number of allylic oxidation sites excluding steroid dienone is 2. The third kappa shape index (κ3) is 9.72. The van der Waals surface area contributed by atoms with Crippen molar-refractivity contribution in [1.29, 1.82) is 0 Å².